The topological polar surface area (TPSA) is 130 Å². The van der Waals surface area contributed by atoms with Crippen LogP contribution in [0.3, 0.4) is 0 Å². The highest BCUT2D eigenvalue weighted by molar-refractivity contribution is 7.89. The number of hydrogen-bond acceptors (Lipinski definition) is 6. The number of ether oxygens (including phenoxy) is 1. The predicted molar refractivity (Wildman–Crippen MR) is 165 cm³/mol. The fraction of sp³-hybridized carbons (Fsp3) is 0.531. The highest BCUT2D eigenvalue weighted by Gasteiger charge is 2.44. The summed E-state index contributed by atoms with van der Waals surface area (Å²) in [6.45, 7) is 3.65. The molecule has 1 heterocycles. The van der Waals surface area contributed by atoms with Crippen molar-refractivity contribution >= 4 is 33.3 Å². The van der Waals surface area contributed by atoms with E-state index in [1.54, 1.807) is 24.3 Å². The molecule has 3 aliphatic rings. The summed E-state index contributed by atoms with van der Waals surface area (Å²) in [6.07, 6.45) is 9.22. The molecule has 1 aliphatic heterocycles. The molecule has 0 unspecified atom stereocenters. The quantitative estimate of drug-likeness (QED) is 0.309. The third kappa shape index (κ3) is 6.49. The third-order valence-electron chi connectivity index (χ3n) is 9.56. The Morgan fingerprint density at radius 2 is 2.07 bits per heavy atom. The number of halogens is 1. The van der Waals surface area contributed by atoms with Crippen molar-refractivity contribution in [2.75, 3.05) is 24.6 Å². The van der Waals surface area contributed by atoms with Crippen molar-refractivity contribution < 1.29 is 28.2 Å². The molecule has 228 valence electrons. The van der Waals surface area contributed by atoms with Crippen molar-refractivity contribution in [1.82, 2.24) is 0 Å². The van der Waals surface area contributed by atoms with E-state index in [-0.39, 0.29) is 22.8 Å². The molecule has 0 bridgehead atoms. The van der Waals surface area contributed by atoms with E-state index in [2.05, 4.69) is 17.0 Å². The molecule has 0 aromatic heterocycles. The highest BCUT2D eigenvalue weighted by atomic mass is 35.5. The van der Waals surface area contributed by atoms with Gasteiger partial charge in [0.05, 0.1) is 29.2 Å². The smallest absolute Gasteiger partial charge is 0.335 e. The molecule has 1 fully saturated rings. The van der Waals surface area contributed by atoms with E-state index in [0.29, 0.717) is 44.7 Å². The molecule has 2 aromatic rings. The Labute approximate surface area is 253 Å². The van der Waals surface area contributed by atoms with E-state index in [9.17, 15) is 23.4 Å². The number of nitrogens with two attached hydrogens (primary N) is 1. The lowest BCUT2D eigenvalue weighted by Crippen LogP contribution is -2.49. The number of anilines is 1. The van der Waals surface area contributed by atoms with Crippen molar-refractivity contribution in [3.8, 4) is 5.75 Å². The summed E-state index contributed by atoms with van der Waals surface area (Å²) in [5.41, 5.74) is 3.21. The largest absolute Gasteiger partial charge is 0.490 e. The molecule has 0 amide bonds. The number of aliphatic hydroxyl groups excluding tert-OH is 1. The minimum Gasteiger partial charge on any atom is -0.490 e. The van der Waals surface area contributed by atoms with Crippen LogP contribution in [0.25, 0.3) is 0 Å². The Morgan fingerprint density at radius 3 is 2.76 bits per heavy atom. The van der Waals surface area contributed by atoms with Crippen molar-refractivity contribution in [3.05, 3.63) is 70.3 Å². The van der Waals surface area contributed by atoms with Crippen molar-refractivity contribution in [2.45, 2.75) is 75.1 Å². The SMILES string of the molecule is CC[C@H](CC/C=C/[C@H](O)[C@@H]1CC[C@H]1CN1C[C@@]2(CCCc3cc(Cl)ccc32)COc2ccc(C(=O)O)cc21)S(N)(=O)=O. The van der Waals surface area contributed by atoms with Gasteiger partial charge in [-0.05, 0) is 105 Å². The van der Waals surface area contributed by atoms with E-state index < -0.39 is 27.3 Å². The number of nitrogens with zero attached hydrogens (tertiary/aromatic N) is 1. The number of carboxylic acids is 1. The molecule has 4 N–H and O–H groups in total. The Balaban J connectivity index is 1.37. The average Bonchev–Trinajstić information content (AvgIpc) is 3.07. The van der Waals surface area contributed by atoms with Gasteiger partial charge in [0.15, 0.2) is 0 Å². The lowest BCUT2D eigenvalue weighted by Gasteiger charge is -2.45. The number of carbonyl (C=O) groups is 1. The fourth-order valence-corrected chi connectivity index (χ4v) is 8.19. The van der Waals surface area contributed by atoms with Gasteiger partial charge in [-0.15, -0.1) is 0 Å². The summed E-state index contributed by atoms with van der Waals surface area (Å²) in [6, 6.07) is 11.2. The van der Waals surface area contributed by atoms with E-state index in [4.69, 9.17) is 21.5 Å². The third-order valence-corrected chi connectivity index (χ3v) is 11.3. The van der Waals surface area contributed by atoms with Crippen LogP contribution in [0.4, 0.5) is 5.69 Å². The lowest BCUT2D eigenvalue weighted by atomic mass is 9.68. The summed E-state index contributed by atoms with van der Waals surface area (Å²) in [4.78, 5) is 14.2. The first kappa shape index (κ1) is 30.9. The molecule has 2 aliphatic carbocycles. The molecule has 2 aromatic carbocycles. The van der Waals surface area contributed by atoms with Crippen LogP contribution in [-0.2, 0) is 21.9 Å². The molecule has 5 atom stereocenters. The van der Waals surface area contributed by atoms with Crippen LogP contribution in [0.2, 0.25) is 5.02 Å². The number of aryl methyl sites for hydroxylation is 1. The van der Waals surface area contributed by atoms with E-state index >= 15 is 0 Å². The van der Waals surface area contributed by atoms with Gasteiger partial charge in [0.1, 0.15) is 5.75 Å². The maximum atomic E-state index is 11.9. The number of allylic oxidation sites excluding steroid dienone is 1. The first-order chi connectivity index (χ1) is 20.0. The van der Waals surface area contributed by atoms with Crippen molar-refractivity contribution in [1.29, 1.82) is 0 Å². The maximum Gasteiger partial charge on any atom is 0.335 e. The molecule has 0 saturated heterocycles. The lowest BCUT2D eigenvalue weighted by molar-refractivity contribution is 0.0456. The van der Waals surface area contributed by atoms with Gasteiger partial charge in [-0.3, -0.25) is 0 Å². The predicted octanol–water partition coefficient (Wildman–Crippen LogP) is 5.30. The van der Waals surface area contributed by atoms with Gasteiger partial charge >= 0.3 is 5.97 Å². The molecular formula is C32H41ClN2O6S. The number of sulfonamides is 1. The average molecular weight is 617 g/mol. The highest BCUT2D eigenvalue weighted by Crippen LogP contribution is 2.46. The molecule has 42 heavy (non-hydrogen) atoms. The fourth-order valence-electron chi connectivity index (χ4n) is 7.06. The van der Waals surface area contributed by atoms with E-state index in [0.717, 1.165) is 42.8 Å². The molecule has 8 nitrogen and oxygen atoms in total. The van der Waals surface area contributed by atoms with E-state index in [1.807, 2.05) is 19.1 Å². The summed E-state index contributed by atoms with van der Waals surface area (Å²) in [5, 5.41) is 26.3. The number of primary sulfonamides is 1. The molecule has 0 radical (unpaired) electrons. The summed E-state index contributed by atoms with van der Waals surface area (Å²) in [5.74, 6) is -0.0360. The van der Waals surface area contributed by atoms with Crippen molar-refractivity contribution in [2.24, 2.45) is 17.0 Å². The Hall–Kier alpha value is -2.59. The van der Waals surface area contributed by atoms with Crippen molar-refractivity contribution in [3.63, 3.8) is 0 Å². The number of aromatic carboxylic acids is 1. The Kier molecular flexibility index (Phi) is 9.23. The van der Waals surface area contributed by atoms with Gasteiger partial charge in [-0.25, -0.2) is 18.4 Å². The number of rotatable bonds is 10. The van der Waals surface area contributed by atoms with Crippen LogP contribution >= 0.6 is 11.6 Å². The van der Waals surface area contributed by atoms with Gasteiger partial charge in [-0.1, -0.05) is 36.7 Å². The van der Waals surface area contributed by atoms with Gasteiger partial charge < -0.3 is 19.8 Å². The van der Waals surface area contributed by atoms with Crippen LogP contribution in [0, 0.1) is 11.8 Å². The molecule has 10 heteroatoms. The second kappa shape index (κ2) is 12.6. The normalized spacial score (nSPS) is 25.2. The number of aliphatic hydroxyl groups is 1. The van der Waals surface area contributed by atoms with Crippen LogP contribution in [-0.4, -0.2) is 55.7 Å². The van der Waals surface area contributed by atoms with Crippen LogP contribution in [0.15, 0.2) is 48.6 Å². The second-order valence-electron chi connectivity index (χ2n) is 12.2. The zero-order valence-corrected chi connectivity index (χ0v) is 25.6. The van der Waals surface area contributed by atoms with Gasteiger partial charge in [-0.2, -0.15) is 0 Å². The molecule has 1 saturated carbocycles. The Morgan fingerprint density at radius 1 is 1.26 bits per heavy atom. The molecule has 1 spiro atoms. The number of carboxylic acid groups (broad SMARTS) is 1. The maximum absolute atomic E-state index is 11.9. The number of benzene rings is 2. The molecule has 5 rings (SSSR count). The zero-order chi connectivity index (χ0) is 30.1. The van der Waals surface area contributed by atoms with Gasteiger partial charge in [0, 0.05) is 23.5 Å². The van der Waals surface area contributed by atoms with Crippen LogP contribution in [0.1, 0.15) is 73.4 Å². The van der Waals surface area contributed by atoms with Crippen LogP contribution < -0.4 is 14.8 Å². The zero-order valence-electron chi connectivity index (χ0n) is 24.0. The minimum absolute atomic E-state index is 0.0603. The van der Waals surface area contributed by atoms with Gasteiger partial charge in [0.2, 0.25) is 10.0 Å². The summed E-state index contributed by atoms with van der Waals surface area (Å²) < 4.78 is 29.8. The van der Waals surface area contributed by atoms with Crippen LogP contribution in [0.5, 0.6) is 5.75 Å². The molecular weight excluding hydrogens is 576 g/mol. The summed E-state index contributed by atoms with van der Waals surface area (Å²) in [7, 11) is -3.57. The number of fused-ring (bicyclic) bond motifs is 3. The second-order valence-corrected chi connectivity index (χ2v) is 14.5. The minimum atomic E-state index is -3.57. The first-order valence-corrected chi connectivity index (χ1v) is 16.9. The first-order valence-electron chi connectivity index (χ1n) is 14.9. The van der Waals surface area contributed by atoms with E-state index in [1.165, 1.54) is 11.1 Å². The van der Waals surface area contributed by atoms with Gasteiger partial charge in [0.25, 0.3) is 0 Å². The Bertz CT molecular complexity index is 1450. The monoisotopic (exact) mass is 616 g/mol. The standard InChI is InChI=1S/C32H41ClN2O6S/c1-2-25(42(34,39)40)7-3-4-8-29(36)26-12-9-23(26)18-35-19-32(15-5-6-21-16-24(33)11-13-27(21)32)20-41-30-14-10-22(31(37)38)17-28(30)35/h4,8,10-11,13-14,16-17,23,25-26,29,36H,2-3,5-7,9,12,15,18-20H2,1H3,(H,37,38)(H2,34,39,40)/b8-4+/t23-,25+,26+,29-,32-/m0/s1. The number of hydrogen-bond donors (Lipinski definition) is 3. The summed E-state index contributed by atoms with van der Waals surface area (Å²) >= 11 is 6.36.